The number of aromatic nitrogens is 3. The molecule has 0 atom stereocenters. The van der Waals surface area contributed by atoms with Crippen LogP contribution < -0.4 is 4.90 Å². The number of rotatable bonds is 4. The summed E-state index contributed by atoms with van der Waals surface area (Å²) in [5.41, 5.74) is 5.25. The predicted octanol–water partition coefficient (Wildman–Crippen LogP) is 5.72. The zero-order valence-corrected chi connectivity index (χ0v) is 19.9. The van der Waals surface area contributed by atoms with E-state index in [4.69, 9.17) is 4.98 Å². The zero-order chi connectivity index (χ0) is 23.3. The van der Waals surface area contributed by atoms with Gasteiger partial charge in [-0.15, -0.1) is 0 Å². The van der Waals surface area contributed by atoms with E-state index in [1.165, 1.54) is 0 Å². The summed E-state index contributed by atoms with van der Waals surface area (Å²) < 4.78 is 2.21. The van der Waals surface area contributed by atoms with Gasteiger partial charge in [-0.05, 0) is 26.9 Å². The summed E-state index contributed by atoms with van der Waals surface area (Å²) >= 11 is 0. The molecule has 0 amide bonds. The van der Waals surface area contributed by atoms with Gasteiger partial charge in [-0.1, -0.05) is 84.9 Å². The highest BCUT2D eigenvalue weighted by Crippen LogP contribution is 2.35. The van der Waals surface area contributed by atoms with Gasteiger partial charge in [0.15, 0.2) is 5.82 Å². The van der Waals surface area contributed by atoms with Crippen LogP contribution in [-0.2, 0) is 0 Å². The molecule has 2 aromatic heterocycles. The third kappa shape index (κ3) is 4.52. The van der Waals surface area contributed by atoms with Crippen molar-refractivity contribution in [1.82, 2.24) is 19.3 Å². The molecule has 1 aliphatic heterocycles. The van der Waals surface area contributed by atoms with Gasteiger partial charge in [0.2, 0.25) is 0 Å². The minimum atomic E-state index is 0.622. The number of piperidine rings is 1. The van der Waals surface area contributed by atoms with E-state index in [0.717, 1.165) is 59.8 Å². The van der Waals surface area contributed by atoms with E-state index in [1.807, 2.05) is 48.9 Å². The van der Waals surface area contributed by atoms with Crippen molar-refractivity contribution in [3.63, 3.8) is 0 Å². The zero-order valence-electron chi connectivity index (χ0n) is 19.9. The van der Waals surface area contributed by atoms with Crippen molar-refractivity contribution in [2.75, 3.05) is 32.1 Å². The lowest BCUT2D eigenvalue weighted by Crippen LogP contribution is -2.42. The Labute approximate surface area is 201 Å². The fourth-order valence-electron chi connectivity index (χ4n) is 4.72. The smallest absolute Gasteiger partial charge is 0.155 e. The Morgan fingerprint density at radius 3 is 1.94 bits per heavy atom. The molecule has 5 heteroatoms. The Kier molecular flexibility index (Phi) is 6.54. The van der Waals surface area contributed by atoms with Gasteiger partial charge in [0.1, 0.15) is 5.52 Å². The summed E-state index contributed by atoms with van der Waals surface area (Å²) in [5, 5.41) is 0. The average molecular weight is 450 g/mol. The Hall–Kier alpha value is -3.70. The van der Waals surface area contributed by atoms with Crippen molar-refractivity contribution in [1.29, 1.82) is 0 Å². The third-order valence-corrected chi connectivity index (χ3v) is 6.58. The molecule has 3 heterocycles. The lowest BCUT2D eigenvalue weighted by molar-refractivity contribution is 0.249. The van der Waals surface area contributed by atoms with E-state index in [0.29, 0.717) is 6.04 Å². The van der Waals surface area contributed by atoms with E-state index in [-0.39, 0.29) is 0 Å². The van der Waals surface area contributed by atoms with Crippen LogP contribution in [-0.4, -0.2) is 52.5 Å². The quantitative estimate of drug-likeness (QED) is 0.399. The summed E-state index contributed by atoms with van der Waals surface area (Å²) in [6.45, 7) is 1.99. The SMILES string of the molecule is CN(C)C1CCN(c2nc(-c3ccccc3)c(-c3ccccccccc3)n3cncc23)CC1. The molecule has 1 aliphatic rings. The normalized spacial score (nSPS) is 14.4. The van der Waals surface area contributed by atoms with Crippen molar-refractivity contribution >= 4 is 11.3 Å². The average Bonchev–Trinajstić information content (AvgIpc) is 3.37. The molecule has 2 aromatic carbocycles. The van der Waals surface area contributed by atoms with E-state index in [9.17, 15) is 0 Å². The summed E-state index contributed by atoms with van der Waals surface area (Å²) in [5.74, 6) is 1.01. The van der Waals surface area contributed by atoms with Gasteiger partial charge >= 0.3 is 0 Å². The first-order valence-electron chi connectivity index (χ1n) is 11.9. The minimum absolute atomic E-state index is 0.622. The molecule has 34 heavy (non-hydrogen) atoms. The van der Waals surface area contributed by atoms with Gasteiger partial charge in [-0.2, -0.15) is 0 Å². The number of nitrogens with zero attached hydrogens (tertiary/aromatic N) is 5. The number of anilines is 1. The molecule has 1 fully saturated rings. The van der Waals surface area contributed by atoms with E-state index in [1.54, 1.807) is 0 Å². The number of hydrogen-bond donors (Lipinski definition) is 0. The Morgan fingerprint density at radius 2 is 1.32 bits per heavy atom. The second-order valence-electron chi connectivity index (χ2n) is 8.97. The maximum absolute atomic E-state index is 5.33. The number of fused-ring (bicyclic) bond motifs is 1. The van der Waals surface area contributed by atoms with Gasteiger partial charge in [0, 0.05) is 30.3 Å². The molecule has 0 aliphatic carbocycles. The van der Waals surface area contributed by atoms with E-state index < -0.39 is 0 Å². The summed E-state index contributed by atoms with van der Waals surface area (Å²) in [6.07, 6.45) is 6.13. The second kappa shape index (κ2) is 10.1. The monoisotopic (exact) mass is 449 g/mol. The van der Waals surface area contributed by atoms with Crippen LogP contribution in [0.2, 0.25) is 0 Å². The van der Waals surface area contributed by atoms with Crippen molar-refractivity contribution in [2.45, 2.75) is 18.9 Å². The predicted molar refractivity (Wildman–Crippen MR) is 140 cm³/mol. The van der Waals surface area contributed by atoms with Crippen molar-refractivity contribution in [3.8, 4) is 22.5 Å². The van der Waals surface area contributed by atoms with Crippen LogP contribution in [0, 0.1) is 0 Å². The van der Waals surface area contributed by atoms with Gasteiger partial charge in [-0.25, -0.2) is 9.97 Å². The van der Waals surface area contributed by atoms with E-state index >= 15 is 0 Å². The van der Waals surface area contributed by atoms with Crippen LogP contribution >= 0.6 is 0 Å². The molecule has 0 spiro atoms. The number of hydrogen-bond acceptors (Lipinski definition) is 4. The molecule has 5 nitrogen and oxygen atoms in total. The van der Waals surface area contributed by atoms with Gasteiger partial charge in [0.05, 0.1) is 23.9 Å². The number of imidazole rings is 1. The summed E-state index contributed by atoms with van der Waals surface area (Å²) in [6, 6.07) is 29.7. The maximum Gasteiger partial charge on any atom is 0.155 e. The molecule has 4 aromatic rings. The molecule has 172 valence electrons. The highest BCUT2D eigenvalue weighted by atomic mass is 15.2. The molecular weight excluding hydrogens is 418 g/mol. The van der Waals surface area contributed by atoms with Crippen molar-refractivity contribution in [2.24, 2.45) is 0 Å². The minimum Gasteiger partial charge on any atom is -0.355 e. The van der Waals surface area contributed by atoms with Crippen LogP contribution in [0.15, 0.2) is 97.5 Å². The molecule has 0 saturated carbocycles. The largest absolute Gasteiger partial charge is 0.355 e. The second-order valence-corrected chi connectivity index (χ2v) is 8.97. The maximum atomic E-state index is 5.33. The van der Waals surface area contributed by atoms with Gasteiger partial charge in [-0.3, -0.25) is 4.40 Å². The van der Waals surface area contributed by atoms with Crippen molar-refractivity contribution < 1.29 is 0 Å². The molecular formula is C29H31N5. The first-order valence-corrected chi connectivity index (χ1v) is 11.9. The molecule has 0 N–H and O–H groups in total. The summed E-state index contributed by atoms with van der Waals surface area (Å²) in [4.78, 5) is 14.7. The fourth-order valence-corrected chi connectivity index (χ4v) is 4.72. The number of benzene rings is 1. The lowest BCUT2D eigenvalue weighted by Gasteiger charge is -2.36. The van der Waals surface area contributed by atoms with Crippen LogP contribution in [0.5, 0.6) is 0 Å². The van der Waals surface area contributed by atoms with Crippen LogP contribution in [0.4, 0.5) is 5.82 Å². The van der Waals surface area contributed by atoms with Crippen molar-refractivity contribution in [3.05, 3.63) is 97.5 Å². The molecule has 0 unspecified atom stereocenters. The highest BCUT2D eigenvalue weighted by Gasteiger charge is 2.25. The molecule has 0 bridgehead atoms. The molecule has 5 rings (SSSR count). The Bertz CT molecular complexity index is 1280. The summed E-state index contributed by atoms with van der Waals surface area (Å²) in [7, 11) is 4.35. The Balaban J connectivity index is 1.71. The first kappa shape index (κ1) is 22.1. The van der Waals surface area contributed by atoms with Gasteiger partial charge in [0.25, 0.3) is 0 Å². The standard InChI is InChI=1S/C29H31N5/c1-32(2)25-17-19-33(20-18-25)29-26-21-30-22-34(26)28(27(31-29)23-13-11-8-12-14-23)24-15-9-6-4-3-5-7-10-16-24/h3-16,21-22,25H,17-20H2,1-2H3. The highest BCUT2D eigenvalue weighted by molar-refractivity contribution is 5.84. The third-order valence-electron chi connectivity index (χ3n) is 6.58. The van der Waals surface area contributed by atoms with Gasteiger partial charge < -0.3 is 9.80 Å². The first-order chi connectivity index (χ1) is 16.7. The van der Waals surface area contributed by atoms with E-state index in [2.05, 4.69) is 81.8 Å². The Morgan fingerprint density at radius 1 is 0.765 bits per heavy atom. The van der Waals surface area contributed by atoms with Crippen LogP contribution in [0.1, 0.15) is 12.8 Å². The fraction of sp³-hybridized carbons (Fsp3) is 0.241. The van der Waals surface area contributed by atoms with Crippen LogP contribution in [0.3, 0.4) is 0 Å². The lowest BCUT2D eigenvalue weighted by atomic mass is 10.0. The van der Waals surface area contributed by atoms with Crippen LogP contribution in [0.25, 0.3) is 28.0 Å². The topological polar surface area (TPSA) is 36.7 Å². The molecule has 1 saturated heterocycles. The molecule has 0 radical (unpaired) electrons.